The fourth-order valence-corrected chi connectivity index (χ4v) is 2.06. The standard InChI is InChI=1S/C16H14ClF2NO3/c1-9-3-5-11(8-12(9)17)20-15(21)10-4-6-13(22-2)14(7-10)23-16(18)19/h3-8,16H,1-2H3,(H,20,21). The van der Waals surface area contributed by atoms with Gasteiger partial charge in [0.05, 0.1) is 7.11 Å². The third-order valence-corrected chi connectivity index (χ3v) is 3.48. The summed E-state index contributed by atoms with van der Waals surface area (Å²) in [7, 11) is 1.32. The number of hydrogen-bond donors (Lipinski definition) is 1. The lowest BCUT2D eigenvalue weighted by Crippen LogP contribution is -2.13. The third kappa shape index (κ3) is 4.32. The number of aryl methyl sites for hydroxylation is 1. The molecule has 0 aliphatic carbocycles. The zero-order valence-electron chi connectivity index (χ0n) is 12.4. The van der Waals surface area contributed by atoms with E-state index in [2.05, 4.69) is 10.1 Å². The van der Waals surface area contributed by atoms with Gasteiger partial charge in [-0.15, -0.1) is 0 Å². The highest BCUT2D eigenvalue weighted by Crippen LogP contribution is 2.30. The molecule has 1 N–H and O–H groups in total. The predicted octanol–water partition coefficient (Wildman–Crippen LogP) is 4.51. The van der Waals surface area contributed by atoms with Crippen LogP contribution in [0.4, 0.5) is 14.5 Å². The number of alkyl halides is 2. The van der Waals surface area contributed by atoms with Gasteiger partial charge >= 0.3 is 6.61 Å². The van der Waals surface area contributed by atoms with Crippen LogP contribution in [0.3, 0.4) is 0 Å². The highest BCUT2D eigenvalue weighted by molar-refractivity contribution is 6.31. The van der Waals surface area contributed by atoms with E-state index in [-0.39, 0.29) is 17.1 Å². The van der Waals surface area contributed by atoms with E-state index in [0.29, 0.717) is 10.7 Å². The Balaban J connectivity index is 2.23. The van der Waals surface area contributed by atoms with Gasteiger partial charge in [0.15, 0.2) is 11.5 Å². The minimum absolute atomic E-state index is 0.111. The number of rotatable bonds is 5. The van der Waals surface area contributed by atoms with E-state index in [4.69, 9.17) is 16.3 Å². The van der Waals surface area contributed by atoms with Crippen molar-refractivity contribution in [3.8, 4) is 11.5 Å². The molecule has 0 aliphatic heterocycles. The average molecular weight is 342 g/mol. The van der Waals surface area contributed by atoms with E-state index in [9.17, 15) is 13.6 Å². The minimum atomic E-state index is -3.02. The van der Waals surface area contributed by atoms with Gasteiger partial charge in [-0.25, -0.2) is 0 Å². The first kappa shape index (κ1) is 17.0. The fourth-order valence-electron chi connectivity index (χ4n) is 1.88. The van der Waals surface area contributed by atoms with Crippen molar-refractivity contribution in [2.75, 3.05) is 12.4 Å². The summed E-state index contributed by atoms with van der Waals surface area (Å²) in [5.74, 6) is -0.580. The molecule has 0 saturated carbocycles. The zero-order valence-corrected chi connectivity index (χ0v) is 13.2. The zero-order chi connectivity index (χ0) is 17.0. The Morgan fingerprint density at radius 2 is 1.91 bits per heavy atom. The Labute approximate surface area is 137 Å². The first-order valence-electron chi connectivity index (χ1n) is 6.61. The van der Waals surface area contributed by atoms with Crippen molar-refractivity contribution in [1.29, 1.82) is 0 Å². The second-order valence-corrected chi connectivity index (χ2v) is 5.07. The summed E-state index contributed by atoms with van der Waals surface area (Å²) in [5.41, 5.74) is 1.53. The van der Waals surface area contributed by atoms with Crippen molar-refractivity contribution < 1.29 is 23.0 Å². The number of anilines is 1. The maximum Gasteiger partial charge on any atom is 0.387 e. The number of amides is 1. The maximum atomic E-state index is 12.4. The summed E-state index contributed by atoms with van der Waals surface area (Å²) >= 11 is 5.99. The lowest BCUT2D eigenvalue weighted by atomic mass is 10.1. The molecule has 122 valence electrons. The molecule has 0 fully saturated rings. The number of ether oxygens (including phenoxy) is 2. The Kier molecular flexibility index (Phi) is 5.39. The van der Waals surface area contributed by atoms with Gasteiger partial charge < -0.3 is 14.8 Å². The van der Waals surface area contributed by atoms with E-state index in [1.807, 2.05) is 6.92 Å². The largest absolute Gasteiger partial charge is 0.493 e. The van der Waals surface area contributed by atoms with Crippen LogP contribution in [0.15, 0.2) is 36.4 Å². The number of carbonyl (C=O) groups is 1. The van der Waals surface area contributed by atoms with Crippen molar-refractivity contribution in [2.24, 2.45) is 0 Å². The van der Waals surface area contributed by atoms with Crippen molar-refractivity contribution in [2.45, 2.75) is 13.5 Å². The Bertz CT molecular complexity index is 722. The quantitative estimate of drug-likeness (QED) is 0.870. The van der Waals surface area contributed by atoms with E-state index in [0.717, 1.165) is 5.56 Å². The average Bonchev–Trinajstić information content (AvgIpc) is 2.50. The molecule has 0 spiro atoms. The fraction of sp³-hybridized carbons (Fsp3) is 0.188. The summed E-state index contributed by atoms with van der Waals surface area (Å²) in [6, 6.07) is 9.08. The molecule has 2 rings (SSSR count). The van der Waals surface area contributed by atoms with Crippen LogP contribution in [-0.2, 0) is 0 Å². The Hall–Kier alpha value is -2.34. The first-order chi connectivity index (χ1) is 10.9. The van der Waals surface area contributed by atoms with Crippen molar-refractivity contribution >= 4 is 23.2 Å². The van der Waals surface area contributed by atoms with Crippen LogP contribution in [0.5, 0.6) is 11.5 Å². The number of halogens is 3. The van der Waals surface area contributed by atoms with Crippen LogP contribution < -0.4 is 14.8 Å². The first-order valence-corrected chi connectivity index (χ1v) is 6.99. The van der Waals surface area contributed by atoms with E-state index < -0.39 is 12.5 Å². The van der Waals surface area contributed by atoms with E-state index >= 15 is 0 Å². The summed E-state index contributed by atoms with van der Waals surface area (Å²) in [4.78, 5) is 12.2. The van der Waals surface area contributed by atoms with Crippen LogP contribution in [0.25, 0.3) is 0 Å². The number of methoxy groups -OCH3 is 1. The molecule has 0 aromatic heterocycles. The van der Waals surface area contributed by atoms with Gasteiger partial charge in [0.25, 0.3) is 5.91 Å². The molecule has 0 saturated heterocycles. The van der Waals surface area contributed by atoms with Crippen molar-refractivity contribution in [3.05, 3.63) is 52.5 Å². The molecule has 1 amide bonds. The normalized spacial score (nSPS) is 10.5. The Morgan fingerprint density at radius 1 is 1.17 bits per heavy atom. The topological polar surface area (TPSA) is 47.6 Å². The van der Waals surface area contributed by atoms with Crippen LogP contribution in [0.2, 0.25) is 5.02 Å². The molecule has 0 aliphatic rings. The van der Waals surface area contributed by atoms with E-state index in [1.54, 1.807) is 18.2 Å². The van der Waals surface area contributed by atoms with Crippen LogP contribution >= 0.6 is 11.6 Å². The van der Waals surface area contributed by atoms with Crippen LogP contribution in [0, 0.1) is 6.92 Å². The number of nitrogens with one attached hydrogen (secondary N) is 1. The van der Waals surface area contributed by atoms with Crippen molar-refractivity contribution in [3.63, 3.8) is 0 Å². The molecule has 0 bridgehead atoms. The minimum Gasteiger partial charge on any atom is -0.493 e. The molecule has 2 aromatic rings. The summed E-state index contributed by atoms with van der Waals surface area (Å²) in [5, 5.41) is 3.15. The summed E-state index contributed by atoms with van der Waals surface area (Å²) in [6.07, 6.45) is 0. The van der Waals surface area contributed by atoms with Gasteiger partial charge in [-0.3, -0.25) is 4.79 Å². The van der Waals surface area contributed by atoms with Gasteiger partial charge in [0.1, 0.15) is 0 Å². The highest BCUT2D eigenvalue weighted by Gasteiger charge is 2.15. The smallest absolute Gasteiger partial charge is 0.387 e. The van der Waals surface area contributed by atoms with Gasteiger partial charge in [-0.05, 0) is 42.8 Å². The van der Waals surface area contributed by atoms with Gasteiger partial charge in [0.2, 0.25) is 0 Å². The Morgan fingerprint density at radius 3 is 2.52 bits per heavy atom. The predicted molar refractivity (Wildman–Crippen MR) is 83.8 cm³/mol. The van der Waals surface area contributed by atoms with Crippen molar-refractivity contribution in [1.82, 2.24) is 0 Å². The number of benzene rings is 2. The maximum absolute atomic E-state index is 12.4. The van der Waals surface area contributed by atoms with E-state index in [1.165, 1.54) is 25.3 Å². The lowest BCUT2D eigenvalue weighted by molar-refractivity contribution is -0.0512. The molecule has 0 atom stereocenters. The molecule has 4 nitrogen and oxygen atoms in total. The molecule has 2 aromatic carbocycles. The SMILES string of the molecule is COc1ccc(C(=O)Nc2ccc(C)c(Cl)c2)cc1OC(F)F. The van der Waals surface area contributed by atoms with Gasteiger partial charge in [-0.2, -0.15) is 8.78 Å². The number of carbonyl (C=O) groups excluding carboxylic acids is 1. The third-order valence-electron chi connectivity index (χ3n) is 3.07. The second kappa shape index (κ2) is 7.28. The molecule has 0 heterocycles. The second-order valence-electron chi connectivity index (χ2n) is 4.66. The van der Waals surface area contributed by atoms with Gasteiger partial charge in [-0.1, -0.05) is 17.7 Å². The summed E-state index contributed by atoms with van der Waals surface area (Å²) < 4.78 is 34.1. The van der Waals surface area contributed by atoms with Crippen LogP contribution in [-0.4, -0.2) is 19.6 Å². The molecular weight excluding hydrogens is 328 g/mol. The monoisotopic (exact) mass is 341 g/mol. The summed E-state index contributed by atoms with van der Waals surface area (Å²) in [6.45, 7) is -1.18. The molecule has 0 radical (unpaired) electrons. The van der Waals surface area contributed by atoms with Gasteiger partial charge in [0, 0.05) is 16.3 Å². The molecule has 7 heteroatoms. The molecule has 0 unspecified atom stereocenters. The lowest BCUT2D eigenvalue weighted by Gasteiger charge is -2.12. The molecule has 23 heavy (non-hydrogen) atoms. The highest BCUT2D eigenvalue weighted by atomic mass is 35.5. The van der Waals surface area contributed by atoms with Crippen LogP contribution in [0.1, 0.15) is 15.9 Å². The number of hydrogen-bond acceptors (Lipinski definition) is 3. The molecular formula is C16H14ClF2NO3.